The molecule has 122 valence electrons. The van der Waals surface area contributed by atoms with E-state index in [4.69, 9.17) is 0 Å². The number of urea groups is 1. The molecule has 2 rings (SSSR count). The van der Waals surface area contributed by atoms with Crippen molar-refractivity contribution in [3.8, 4) is 0 Å². The Bertz CT molecular complexity index is 474. The minimum absolute atomic E-state index is 0.0354. The highest BCUT2D eigenvalue weighted by molar-refractivity contribution is 5.75. The lowest BCUT2D eigenvalue weighted by atomic mass is 9.76. The van der Waals surface area contributed by atoms with Crippen LogP contribution in [0.5, 0.6) is 0 Å². The van der Waals surface area contributed by atoms with E-state index in [0.717, 1.165) is 18.4 Å². The predicted molar refractivity (Wildman–Crippen MR) is 86.4 cm³/mol. The molecule has 0 bridgehead atoms. The number of nitrogens with zero attached hydrogens (tertiary/aromatic N) is 1. The summed E-state index contributed by atoms with van der Waals surface area (Å²) in [4.78, 5) is 16.4. The molecule has 3 N–H and O–H groups in total. The minimum Gasteiger partial charge on any atom is -0.394 e. The second kappa shape index (κ2) is 7.58. The summed E-state index contributed by atoms with van der Waals surface area (Å²) >= 11 is 0. The van der Waals surface area contributed by atoms with Crippen LogP contribution in [0, 0.1) is 5.92 Å². The molecule has 2 atom stereocenters. The van der Waals surface area contributed by atoms with Gasteiger partial charge >= 0.3 is 6.03 Å². The van der Waals surface area contributed by atoms with Gasteiger partial charge in [-0.05, 0) is 44.2 Å². The number of amides is 2. The van der Waals surface area contributed by atoms with Crippen molar-refractivity contribution in [3.05, 3.63) is 30.1 Å². The zero-order valence-electron chi connectivity index (χ0n) is 13.5. The molecular weight excluding hydrogens is 278 g/mol. The normalized spacial score (nSPS) is 20.0. The van der Waals surface area contributed by atoms with Crippen molar-refractivity contribution in [1.82, 2.24) is 15.6 Å². The van der Waals surface area contributed by atoms with Gasteiger partial charge in [-0.3, -0.25) is 4.98 Å². The van der Waals surface area contributed by atoms with E-state index < -0.39 is 5.54 Å². The van der Waals surface area contributed by atoms with Crippen LogP contribution in [0.4, 0.5) is 4.79 Å². The molecule has 0 aromatic carbocycles. The molecule has 1 aromatic rings. The van der Waals surface area contributed by atoms with E-state index >= 15 is 0 Å². The molecule has 1 heterocycles. The topological polar surface area (TPSA) is 74.2 Å². The fourth-order valence-corrected chi connectivity index (χ4v) is 3.22. The fraction of sp³-hybridized carbons (Fsp3) is 0.647. The third-order valence-electron chi connectivity index (χ3n) is 4.77. The number of carbonyl (C=O) groups excluding carboxylic acids is 1. The Morgan fingerprint density at radius 1 is 1.45 bits per heavy atom. The highest BCUT2D eigenvalue weighted by Gasteiger charge is 2.36. The van der Waals surface area contributed by atoms with Gasteiger partial charge in [0.2, 0.25) is 0 Å². The van der Waals surface area contributed by atoms with Crippen LogP contribution in [-0.2, 0) is 0 Å². The lowest BCUT2D eigenvalue weighted by molar-refractivity contribution is 0.101. The summed E-state index contributed by atoms with van der Waals surface area (Å²) in [5.74, 6) is 0.339. The number of aliphatic hydroxyl groups excluding tert-OH is 1. The molecule has 0 aliphatic heterocycles. The summed E-state index contributed by atoms with van der Waals surface area (Å²) < 4.78 is 0. The highest BCUT2D eigenvalue weighted by Crippen LogP contribution is 2.32. The number of nitrogens with one attached hydrogen (secondary N) is 2. The van der Waals surface area contributed by atoms with Gasteiger partial charge in [-0.1, -0.05) is 25.3 Å². The summed E-state index contributed by atoms with van der Waals surface area (Å²) in [5.41, 5.74) is 0.403. The third-order valence-corrected chi connectivity index (χ3v) is 4.77. The maximum absolute atomic E-state index is 12.3. The van der Waals surface area contributed by atoms with Gasteiger partial charge < -0.3 is 15.7 Å². The van der Waals surface area contributed by atoms with Crippen LogP contribution in [-0.4, -0.2) is 28.3 Å². The second-order valence-corrected chi connectivity index (χ2v) is 6.52. The van der Waals surface area contributed by atoms with Crippen LogP contribution >= 0.6 is 0 Å². The average molecular weight is 305 g/mol. The first-order valence-electron chi connectivity index (χ1n) is 8.14. The first-order valence-corrected chi connectivity index (χ1v) is 8.14. The van der Waals surface area contributed by atoms with E-state index in [2.05, 4.69) is 15.6 Å². The maximum Gasteiger partial charge on any atom is 0.315 e. The third kappa shape index (κ3) is 4.19. The van der Waals surface area contributed by atoms with E-state index in [0.29, 0.717) is 5.92 Å². The Morgan fingerprint density at radius 2 is 2.18 bits per heavy atom. The van der Waals surface area contributed by atoms with Crippen molar-refractivity contribution in [2.75, 3.05) is 6.61 Å². The van der Waals surface area contributed by atoms with Gasteiger partial charge in [0, 0.05) is 12.4 Å². The molecule has 22 heavy (non-hydrogen) atoms. The van der Waals surface area contributed by atoms with Crippen LogP contribution < -0.4 is 10.6 Å². The van der Waals surface area contributed by atoms with E-state index in [-0.39, 0.29) is 18.7 Å². The Hall–Kier alpha value is -1.62. The fourth-order valence-electron chi connectivity index (χ4n) is 3.22. The summed E-state index contributed by atoms with van der Waals surface area (Å²) in [7, 11) is 0. The summed E-state index contributed by atoms with van der Waals surface area (Å²) in [5, 5.41) is 15.7. The number of pyridine rings is 1. The molecular formula is C17H27N3O2. The monoisotopic (exact) mass is 305 g/mol. The number of hydrogen-bond acceptors (Lipinski definition) is 3. The molecule has 0 radical (unpaired) electrons. The van der Waals surface area contributed by atoms with Gasteiger partial charge in [-0.2, -0.15) is 0 Å². The minimum atomic E-state index is -0.556. The number of aromatic nitrogens is 1. The molecule has 1 aliphatic rings. The van der Waals surface area contributed by atoms with E-state index in [1.54, 1.807) is 12.4 Å². The second-order valence-electron chi connectivity index (χ2n) is 6.52. The molecule has 0 spiro atoms. The van der Waals surface area contributed by atoms with Gasteiger partial charge in [0.05, 0.1) is 18.2 Å². The zero-order chi connectivity index (χ0) is 16.0. The molecule has 1 saturated carbocycles. The van der Waals surface area contributed by atoms with Gasteiger partial charge in [0.1, 0.15) is 0 Å². The molecule has 0 saturated heterocycles. The Kier molecular flexibility index (Phi) is 5.77. The SMILES string of the molecule is C[C@H](NC(=O)N[C@@](C)(CO)C1CCCCC1)c1cccnc1. The van der Waals surface area contributed by atoms with Crippen LogP contribution in [0.3, 0.4) is 0 Å². The summed E-state index contributed by atoms with van der Waals surface area (Å²) in [6, 6.07) is 3.43. The lowest BCUT2D eigenvalue weighted by Gasteiger charge is -2.39. The van der Waals surface area contributed by atoms with Crippen LogP contribution in [0.2, 0.25) is 0 Å². The first-order chi connectivity index (χ1) is 10.5. The van der Waals surface area contributed by atoms with Crippen molar-refractivity contribution in [2.45, 2.75) is 57.5 Å². The number of hydrogen-bond donors (Lipinski definition) is 3. The van der Waals surface area contributed by atoms with Gasteiger partial charge in [0.15, 0.2) is 0 Å². The van der Waals surface area contributed by atoms with Crippen LogP contribution in [0.25, 0.3) is 0 Å². The molecule has 5 heteroatoms. The van der Waals surface area contributed by atoms with Crippen molar-refractivity contribution in [1.29, 1.82) is 0 Å². The predicted octanol–water partition coefficient (Wildman–Crippen LogP) is 2.77. The molecule has 1 aromatic heterocycles. The largest absolute Gasteiger partial charge is 0.394 e. The van der Waals surface area contributed by atoms with Gasteiger partial charge in [-0.15, -0.1) is 0 Å². The average Bonchev–Trinajstić information content (AvgIpc) is 2.56. The molecule has 5 nitrogen and oxygen atoms in total. The van der Waals surface area contributed by atoms with E-state index in [1.807, 2.05) is 26.0 Å². The van der Waals surface area contributed by atoms with Crippen molar-refractivity contribution in [3.63, 3.8) is 0 Å². The number of aliphatic hydroxyl groups is 1. The van der Waals surface area contributed by atoms with Crippen LogP contribution in [0.15, 0.2) is 24.5 Å². The first kappa shape index (κ1) is 16.7. The molecule has 2 amide bonds. The standard InChI is InChI=1S/C17H27N3O2/c1-13(14-7-6-10-18-11-14)19-16(22)20-17(2,12-21)15-8-4-3-5-9-15/h6-7,10-11,13,15,21H,3-5,8-9,12H2,1-2H3,(H2,19,20,22)/t13-,17-/m0/s1. The number of rotatable bonds is 5. The highest BCUT2D eigenvalue weighted by atomic mass is 16.3. The van der Waals surface area contributed by atoms with Crippen LogP contribution in [0.1, 0.15) is 57.6 Å². The molecule has 1 fully saturated rings. The van der Waals surface area contributed by atoms with Crippen molar-refractivity contribution in [2.24, 2.45) is 5.92 Å². The quantitative estimate of drug-likeness (QED) is 0.783. The summed E-state index contributed by atoms with van der Waals surface area (Å²) in [6.45, 7) is 3.83. The van der Waals surface area contributed by atoms with Gasteiger partial charge in [0.25, 0.3) is 0 Å². The molecule has 0 unspecified atom stereocenters. The zero-order valence-corrected chi connectivity index (χ0v) is 13.5. The Morgan fingerprint density at radius 3 is 2.77 bits per heavy atom. The van der Waals surface area contributed by atoms with E-state index in [1.165, 1.54) is 19.3 Å². The van der Waals surface area contributed by atoms with E-state index in [9.17, 15) is 9.90 Å². The van der Waals surface area contributed by atoms with Crippen molar-refractivity contribution < 1.29 is 9.90 Å². The number of carbonyl (C=O) groups is 1. The maximum atomic E-state index is 12.3. The molecule has 1 aliphatic carbocycles. The van der Waals surface area contributed by atoms with Gasteiger partial charge in [-0.25, -0.2) is 4.79 Å². The lowest BCUT2D eigenvalue weighted by Crippen LogP contribution is -2.57. The smallest absolute Gasteiger partial charge is 0.315 e. The van der Waals surface area contributed by atoms with Crippen molar-refractivity contribution >= 4 is 6.03 Å². The Labute approximate surface area is 132 Å². The Balaban J connectivity index is 1.94. The summed E-state index contributed by atoms with van der Waals surface area (Å²) in [6.07, 6.45) is 9.19.